The lowest BCUT2D eigenvalue weighted by atomic mass is 10.1. The van der Waals surface area contributed by atoms with Gasteiger partial charge in [0.05, 0.1) is 18.4 Å². The van der Waals surface area contributed by atoms with E-state index in [9.17, 15) is 13.5 Å². The van der Waals surface area contributed by atoms with E-state index in [1.165, 1.54) is 0 Å². The van der Waals surface area contributed by atoms with Gasteiger partial charge < -0.3 is 15.5 Å². The maximum Gasteiger partial charge on any atom is 0.286 e. The molecule has 1 aromatic rings. The molecule has 1 unspecified atom stereocenters. The lowest BCUT2D eigenvalue weighted by molar-refractivity contribution is 0.114. The molecule has 3 N–H and O–H groups in total. The fourth-order valence-electron chi connectivity index (χ4n) is 1.69. The minimum atomic E-state index is -3.72. The van der Waals surface area contributed by atoms with Gasteiger partial charge in [0.1, 0.15) is 4.90 Å². The van der Waals surface area contributed by atoms with Gasteiger partial charge in [0.15, 0.2) is 5.17 Å². The minimum Gasteiger partial charge on any atom is -0.394 e. The Labute approximate surface area is 122 Å². The number of aliphatic hydroxyl groups excluding tert-OH is 2. The molecule has 6 nitrogen and oxygen atoms in total. The van der Waals surface area contributed by atoms with Crippen molar-refractivity contribution in [2.75, 3.05) is 17.7 Å². The molecule has 110 valence electrons. The van der Waals surface area contributed by atoms with Crippen molar-refractivity contribution in [2.45, 2.75) is 24.3 Å². The van der Waals surface area contributed by atoms with E-state index in [0.717, 1.165) is 23.7 Å². The van der Waals surface area contributed by atoms with Gasteiger partial charge in [-0.05, 0) is 24.1 Å². The average molecular weight is 316 g/mol. The van der Waals surface area contributed by atoms with E-state index < -0.39 is 16.1 Å². The smallest absolute Gasteiger partial charge is 0.286 e. The Morgan fingerprint density at radius 2 is 2.20 bits per heavy atom. The first-order valence-electron chi connectivity index (χ1n) is 6.13. The van der Waals surface area contributed by atoms with Gasteiger partial charge in [-0.1, -0.05) is 24.8 Å². The average Bonchev–Trinajstić information content (AvgIpc) is 2.43. The monoisotopic (exact) mass is 316 g/mol. The number of aryl methyl sites for hydroxylation is 1. The number of anilines is 1. The standard InChI is InChI=1S/C12H16N2O4S2/c1-2-8-3-4-10-11(5-8)20(17,18)14-12(13-10)19-7-9(16)6-15/h3-5,9,15-16H,2,6-7H2,1H3,(H,13,14). The largest absolute Gasteiger partial charge is 0.394 e. The highest BCUT2D eigenvalue weighted by atomic mass is 32.2. The van der Waals surface area contributed by atoms with Crippen LogP contribution in [0.1, 0.15) is 12.5 Å². The number of sulfonamides is 1. The van der Waals surface area contributed by atoms with E-state index in [-0.39, 0.29) is 22.4 Å². The molecule has 1 aliphatic rings. The summed E-state index contributed by atoms with van der Waals surface area (Å²) in [5.74, 6) is 0.167. The van der Waals surface area contributed by atoms with Crippen LogP contribution in [-0.2, 0) is 16.4 Å². The second-order valence-corrected chi connectivity index (χ2v) is 6.91. The highest BCUT2D eigenvalue weighted by Crippen LogP contribution is 2.30. The molecule has 1 aliphatic heterocycles. The lowest BCUT2D eigenvalue weighted by Gasteiger charge is -2.18. The Morgan fingerprint density at radius 1 is 1.45 bits per heavy atom. The van der Waals surface area contributed by atoms with Gasteiger partial charge in [-0.15, -0.1) is 4.40 Å². The van der Waals surface area contributed by atoms with Crippen molar-refractivity contribution in [3.05, 3.63) is 23.8 Å². The third kappa shape index (κ3) is 3.32. The first kappa shape index (κ1) is 15.3. The van der Waals surface area contributed by atoms with Gasteiger partial charge in [-0.2, -0.15) is 8.42 Å². The molecule has 20 heavy (non-hydrogen) atoms. The van der Waals surface area contributed by atoms with Crippen molar-refractivity contribution in [2.24, 2.45) is 4.40 Å². The highest BCUT2D eigenvalue weighted by molar-refractivity contribution is 8.14. The number of nitrogens with one attached hydrogen (secondary N) is 1. The fourth-order valence-corrected chi connectivity index (χ4v) is 3.89. The quantitative estimate of drug-likeness (QED) is 0.760. The third-order valence-corrected chi connectivity index (χ3v) is 5.25. The SMILES string of the molecule is CCc1ccc2c(c1)S(=O)(=O)N=C(SCC(O)CO)N2. The van der Waals surface area contributed by atoms with E-state index in [0.29, 0.717) is 5.69 Å². The van der Waals surface area contributed by atoms with E-state index in [4.69, 9.17) is 5.11 Å². The molecule has 0 fully saturated rings. The fraction of sp³-hybridized carbons (Fsp3) is 0.417. The van der Waals surface area contributed by atoms with Crippen LogP contribution in [0.3, 0.4) is 0 Å². The van der Waals surface area contributed by atoms with Crippen LogP contribution in [0.5, 0.6) is 0 Å². The van der Waals surface area contributed by atoms with Gasteiger partial charge in [0.2, 0.25) is 0 Å². The van der Waals surface area contributed by atoms with Gasteiger partial charge in [-0.25, -0.2) is 0 Å². The summed E-state index contributed by atoms with van der Waals surface area (Å²) in [4.78, 5) is 0.170. The molecule has 1 aromatic carbocycles. The summed E-state index contributed by atoms with van der Waals surface area (Å²) in [5.41, 5.74) is 1.41. The first-order valence-corrected chi connectivity index (χ1v) is 8.55. The second kappa shape index (κ2) is 6.13. The molecular weight excluding hydrogens is 300 g/mol. The van der Waals surface area contributed by atoms with Crippen LogP contribution in [0.2, 0.25) is 0 Å². The van der Waals surface area contributed by atoms with Crippen molar-refractivity contribution in [1.29, 1.82) is 0 Å². The Morgan fingerprint density at radius 3 is 2.85 bits per heavy atom. The van der Waals surface area contributed by atoms with E-state index in [1.807, 2.05) is 13.0 Å². The molecule has 1 heterocycles. The Hall–Kier alpha value is -1.09. The zero-order chi connectivity index (χ0) is 14.8. The highest BCUT2D eigenvalue weighted by Gasteiger charge is 2.25. The molecule has 0 aliphatic carbocycles. The van der Waals surface area contributed by atoms with E-state index in [2.05, 4.69) is 9.71 Å². The van der Waals surface area contributed by atoms with Crippen LogP contribution >= 0.6 is 11.8 Å². The van der Waals surface area contributed by atoms with Crippen LogP contribution in [-0.4, -0.2) is 42.3 Å². The maximum absolute atomic E-state index is 12.1. The number of benzene rings is 1. The normalized spacial score (nSPS) is 17.9. The summed E-state index contributed by atoms with van der Waals surface area (Å²) in [6, 6.07) is 5.19. The number of thioether (sulfide) groups is 1. The summed E-state index contributed by atoms with van der Waals surface area (Å²) >= 11 is 1.06. The summed E-state index contributed by atoms with van der Waals surface area (Å²) in [6.07, 6.45) is -0.160. The van der Waals surface area contributed by atoms with Crippen LogP contribution in [0.25, 0.3) is 0 Å². The van der Waals surface area contributed by atoms with Crippen LogP contribution in [0, 0.1) is 0 Å². The number of amidine groups is 1. The van der Waals surface area contributed by atoms with Gasteiger partial charge in [-0.3, -0.25) is 0 Å². The van der Waals surface area contributed by atoms with Crippen molar-refractivity contribution in [3.63, 3.8) is 0 Å². The Kier molecular flexibility index (Phi) is 4.69. The predicted molar refractivity (Wildman–Crippen MR) is 79.6 cm³/mol. The molecule has 1 atom stereocenters. The van der Waals surface area contributed by atoms with Gasteiger partial charge in [0, 0.05) is 5.75 Å². The molecule has 0 aromatic heterocycles. The van der Waals surface area contributed by atoms with E-state index in [1.54, 1.807) is 12.1 Å². The summed E-state index contributed by atoms with van der Waals surface area (Å²) in [7, 11) is -3.72. The molecule has 0 amide bonds. The summed E-state index contributed by atoms with van der Waals surface area (Å²) < 4.78 is 27.9. The number of nitrogens with zero attached hydrogens (tertiary/aromatic N) is 1. The number of hydrogen-bond donors (Lipinski definition) is 3. The Balaban J connectivity index is 2.25. The van der Waals surface area contributed by atoms with Crippen molar-refractivity contribution in [3.8, 4) is 0 Å². The van der Waals surface area contributed by atoms with Crippen LogP contribution in [0.4, 0.5) is 5.69 Å². The molecule has 0 radical (unpaired) electrons. The third-order valence-electron chi connectivity index (χ3n) is 2.80. The first-order chi connectivity index (χ1) is 9.46. The summed E-state index contributed by atoms with van der Waals surface area (Å²) in [5, 5.41) is 21.1. The van der Waals surface area contributed by atoms with Crippen molar-refractivity contribution in [1.82, 2.24) is 0 Å². The Bertz CT molecular complexity index is 628. The number of hydrogen-bond acceptors (Lipinski definition) is 6. The number of aliphatic hydroxyl groups is 2. The second-order valence-electron chi connectivity index (χ2n) is 4.33. The molecular formula is C12H16N2O4S2. The van der Waals surface area contributed by atoms with Gasteiger partial charge >= 0.3 is 0 Å². The van der Waals surface area contributed by atoms with Crippen LogP contribution in [0.15, 0.2) is 27.5 Å². The van der Waals surface area contributed by atoms with E-state index >= 15 is 0 Å². The number of rotatable bonds is 4. The molecule has 8 heteroatoms. The topological polar surface area (TPSA) is 99.0 Å². The zero-order valence-corrected chi connectivity index (χ0v) is 12.5. The van der Waals surface area contributed by atoms with Crippen LogP contribution < -0.4 is 5.32 Å². The molecule has 0 saturated carbocycles. The lowest BCUT2D eigenvalue weighted by Crippen LogP contribution is -2.22. The molecule has 0 bridgehead atoms. The molecule has 0 saturated heterocycles. The maximum atomic E-state index is 12.1. The minimum absolute atomic E-state index is 0.167. The predicted octanol–water partition coefficient (Wildman–Crippen LogP) is 0.806. The number of fused-ring (bicyclic) bond motifs is 1. The molecule has 2 rings (SSSR count). The van der Waals surface area contributed by atoms with Crippen molar-refractivity contribution >= 4 is 32.6 Å². The zero-order valence-electron chi connectivity index (χ0n) is 10.9. The molecule has 0 spiro atoms. The van der Waals surface area contributed by atoms with Gasteiger partial charge in [0.25, 0.3) is 10.0 Å². The summed E-state index contributed by atoms with van der Waals surface area (Å²) in [6.45, 7) is 1.58. The van der Waals surface area contributed by atoms with Crippen molar-refractivity contribution < 1.29 is 18.6 Å².